The third-order valence-corrected chi connectivity index (χ3v) is 5.52. The van der Waals surface area contributed by atoms with Gasteiger partial charge in [0.1, 0.15) is 0 Å². The number of aromatic carboxylic acids is 1. The number of benzene rings is 1. The number of aryl methyl sites for hydroxylation is 1. The summed E-state index contributed by atoms with van der Waals surface area (Å²) >= 11 is 0. The van der Waals surface area contributed by atoms with Gasteiger partial charge in [-0.25, -0.2) is 9.78 Å². The minimum atomic E-state index is -0.997. The number of hydrogen-bond donors (Lipinski definition) is 2. The third-order valence-electron chi connectivity index (χ3n) is 5.52. The van der Waals surface area contributed by atoms with Gasteiger partial charge in [-0.05, 0) is 24.6 Å². The molecule has 132 valence electrons. The van der Waals surface area contributed by atoms with Crippen LogP contribution >= 0.6 is 0 Å². The molecule has 3 heterocycles. The topological polar surface area (TPSA) is 105 Å². The lowest BCUT2D eigenvalue weighted by molar-refractivity contribution is -0.157. The molecule has 0 bridgehead atoms. The van der Waals surface area contributed by atoms with Gasteiger partial charge in [0.15, 0.2) is 0 Å². The summed E-state index contributed by atoms with van der Waals surface area (Å²) in [5.74, 6) is -1.20. The summed E-state index contributed by atoms with van der Waals surface area (Å²) in [5, 5.41) is 18.9. The van der Waals surface area contributed by atoms with E-state index < -0.39 is 17.4 Å². The molecule has 2 N–H and O–H groups in total. The van der Waals surface area contributed by atoms with Crippen LogP contribution in [0.4, 0.5) is 5.95 Å². The molecule has 0 aliphatic carbocycles. The quantitative estimate of drug-likeness (QED) is 0.861. The van der Waals surface area contributed by atoms with Crippen molar-refractivity contribution in [1.82, 2.24) is 9.55 Å². The van der Waals surface area contributed by atoms with Crippen molar-refractivity contribution < 1.29 is 24.5 Å². The first-order valence-corrected chi connectivity index (χ1v) is 8.18. The van der Waals surface area contributed by atoms with Crippen molar-refractivity contribution in [3.8, 4) is 0 Å². The van der Waals surface area contributed by atoms with E-state index in [9.17, 15) is 14.7 Å². The average Bonchev–Trinajstić information content (AvgIpc) is 3.13. The Morgan fingerprint density at radius 3 is 2.84 bits per heavy atom. The van der Waals surface area contributed by atoms with Crippen LogP contribution in [0.2, 0.25) is 0 Å². The first-order valence-electron chi connectivity index (χ1n) is 8.18. The van der Waals surface area contributed by atoms with E-state index in [0.29, 0.717) is 44.2 Å². The largest absolute Gasteiger partial charge is 0.481 e. The van der Waals surface area contributed by atoms with E-state index in [2.05, 4.69) is 4.98 Å². The van der Waals surface area contributed by atoms with Crippen molar-refractivity contribution in [2.24, 2.45) is 18.4 Å². The number of carbonyl (C=O) groups is 2. The van der Waals surface area contributed by atoms with Gasteiger partial charge in [-0.15, -0.1) is 0 Å². The standard InChI is InChI=1S/C17H19N3O5/c1-19-13-3-2-10(14(21)22)6-12(13)18-16(19)20-7-11-8-25-5-4-17(11,9-20)15(23)24/h2-3,6,11H,4-5,7-9H2,1H3,(H,21,22)(H,23,24)/t11-,17+/m1/s1. The van der Waals surface area contributed by atoms with E-state index in [-0.39, 0.29) is 11.5 Å². The van der Waals surface area contributed by atoms with Crippen molar-refractivity contribution in [1.29, 1.82) is 0 Å². The molecule has 0 spiro atoms. The molecule has 2 aliphatic heterocycles. The van der Waals surface area contributed by atoms with Crippen LogP contribution < -0.4 is 4.90 Å². The molecule has 0 amide bonds. The van der Waals surface area contributed by atoms with Gasteiger partial charge in [-0.2, -0.15) is 0 Å². The van der Waals surface area contributed by atoms with Crippen molar-refractivity contribution in [2.45, 2.75) is 6.42 Å². The Balaban J connectivity index is 1.74. The number of hydrogen-bond acceptors (Lipinski definition) is 5. The molecule has 0 radical (unpaired) electrons. The monoisotopic (exact) mass is 345 g/mol. The molecule has 2 fully saturated rings. The van der Waals surface area contributed by atoms with E-state index in [1.807, 2.05) is 16.5 Å². The molecule has 2 aromatic rings. The number of nitrogens with zero attached hydrogens (tertiary/aromatic N) is 3. The van der Waals surface area contributed by atoms with Crippen LogP contribution in [-0.2, 0) is 16.6 Å². The fourth-order valence-corrected chi connectivity index (χ4v) is 4.05. The van der Waals surface area contributed by atoms with E-state index in [0.717, 1.165) is 5.52 Å². The molecule has 2 saturated heterocycles. The lowest BCUT2D eigenvalue weighted by atomic mass is 9.74. The zero-order valence-electron chi connectivity index (χ0n) is 13.8. The zero-order chi connectivity index (χ0) is 17.8. The molecule has 1 aromatic carbocycles. The van der Waals surface area contributed by atoms with E-state index in [1.54, 1.807) is 18.2 Å². The molecule has 4 rings (SSSR count). The predicted octanol–water partition coefficient (Wildman–Crippen LogP) is 1.20. The molecule has 0 unspecified atom stereocenters. The molecule has 0 saturated carbocycles. The molecular formula is C17H19N3O5. The van der Waals surface area contributed by atoms with Gasteiger partial charge < -0.3 is 24.4 Å². The highest BCUT2D eigenvalue weighted by Gasteiger charge is 2.54. The van der Waals surface area contributed by atoms with Gasteiger partial charge in [0.05, 0.1) is 28.6 Å². The molecule has 8 heteroatoms. The fraction of sp³-hybridized carbons (Fsp3) is 0.471. The zero-order valence-corrected chi connectivity index (χ0v) is 13.8. The van der Waals surface area contributed by atoms with Crippen molar-refractivity contribution in [3.05, 3.63) is 23.8 Å². The maximum atomic E-state index is 11.9. The average molecular weight is 345 g/mol. The van der Waals surface area contributed by atoms with Crippen LogP contribution in [-0.4, -0.2) is 58.0 Å². The van der Waals surface area contributed by atoms with Crippen molar-refractivity contribution in [3.63, 3.8) is 0 Å². The number of fused-ring (bicyclic) bond motifs is 2. The summed E-state index contributed by atoms with van der Waals surface area (Å²) in [6.07, 6.45) is 0.497. The molecule has 2 aliphatic rings. The molecule has 1 aromatic heterocycles. The number of aromatic nitrogens is 2. The lowest BCUT2D eigenvalue weighted by Gasteiger charge is -2.33. The normalized spacial score (nSPS) is 26.0. The Kier molecular flexibility index (Phi) is 3.47. The second kappa shape index (κ2) is 5.45. The van der Waals surface area contributed by atoms with Crippen LogP contribution in [0.1, 0.15) is 16.8 Å². The Morgan fingerprint density at radius 2 is 2.16 bits per heavy atom. The van der Waals surface area contributed by atoms with Gasteiger partial charge in [0.25, 0.3) is 0 Å². The first-order chi connectivity index (χ1) is 11.9. The molecule has 8 nitrogen and oxygen atoms in total. The minimum absolute atomic E-state index is 0.0758. The minimum Gasteiger partial charge on any atom is -0.481 e. The first kappa shape index (κ1) is 15.9. The number of imidazole rings is 1. The highest BCUT2D eigenvalue weighted by atomic mass is 16.5. The molecular weight excluding hydrogens is 326 g/mol. The van der Waals surface area contributed by atoms with E-state index in [4.69, 9.17) is 9.84 Å². The maximum Gasteiger partial charge on any atom is 0.335 e. The van der Waals surface area contributed by atoms with Crippen molar-refractivity contribution >= 4 is 28.9 Å². The van der Waals surface area contributed by atoms with Crippen LogP contribution in [0.5, 0.6) is 0 Å². The second-order valence-corrected chi connectivity index (χ2v) is 6.84. The summed E-state index contributed by atoms with van der Waals surface area (Å²) in [6.45, 7) is 1.85. The summed E-state index contributed by atoms with van der Waals surface area (Å²) < 4.78 is 7.38. The smallest absolute Gasteiger partial charge is 0.335 e. The van der Waals surface area contributed by atoms with Crippen LogP contribution in [0.25, 0.3) is 11.0 Å². The number of ether oxygens (including phenoxy) is 1. The summed E-state index contributed by atoms with van der Waals surface area (Å²) in [5.41, 5.74) is 0.786. The fourth-order valence-electron chi connectivity index (χ4n) is 4.05. The van der Waals surface area contributed by atoms with Gasteiger partial charge in [-0.3, -0.25) is 4.79 Å². The predicted molar refractivity (Wildman–Crippen MR) is 88.9 cm³/mol. The van der Waals surface area contributed by atoms with E-state index >= 15 is 0 Å². The molecule has 2 atom stereocenters. The summed E-state index contributed by atoms with van der Waals surface area (Å²) in [7, 11) is 1.86. The Labute approximate surface area is 143 Å². The van der Waals surface area contributed by atoms with Crippen LogP contribution in [0, 0.1) is 11.3 Å². The van der Waals surface area contributed by atoms with Crippen molar-refractivity contribution in [2.75, 3.05) is 31.2 Å². The van der Waals surface area contributed by atoms with Gasteiger partial charge in [-0.1, -0.05) is 0 Å². The number of carboxylic acid groups (broad SMARTS) is 2. The number of carboxylic acids is 2. The van der Waals surface area contributed by atoms with Gasteiger partial charge in [0, 0.05) is 32.7 Å². The number of anilines is 1. The SMILES string of the molecule is Cn1c(N2C[C@@H]3COCC[C@]3(C(=O)O)C2)nc2cc(C(=O)O)ccc21. The highest BCUT2D eigenvalue weighted by Crippen LogP contribution is 2.44. The second-order valence-electron chi connectivity index (χ2n) is 6.84. The maximum absolute atomic E-state index is 11.9. The Morgan fingerprint density at radius 1 is 1.36 bits per heavy atom. The summed E-state index contributed by atoms with van der Waals surface area (Å²) in [4.78, 5) is 29.7. The highest BCUT2D eigenvalue weighted by molar-refractivity contribution is 5.93. The van der Waals surface area contributed by atoms with Crippen LogP contribution in [0.15, 0.2) is 18.2 Å². The number of aliphatic carboxylic acids is 1. The Bertz CT molecular complexity index is 877. The van der Waals surface area contributed by atoms with E-state index in [1.165, 1.54) is 0 Å². The third kappa shape index (κ3) is 2.28. The lowest BCUT2D eigenvalue weighted by Crippen LogP contribution is -2.44. The van der Waals surface area contributed by atoms with Crippen LogP contribution in [0.3, 0.4) is 0 Å². The van der Waals surface area contributed by atoms with Gasteiger partial charge >= 0.3 is 11.9 Å². The number of rotatable bonds is 3. The summed E-state index contributed by atoms with van der Waals surface area (Å²) in [6, 6.07) is 4.82. The Hall–Kier alpha value is -2.61. The molecule has 25 heavy (non-hydrogen) atoms. The van der Waals surface area contributed by atoms with Gasteiger partial charge in [0.2, 0.25) is 5.95 Å².